The van der Waals surface area contributed by atoms with Crippen LogP contribution in [-0.2, 0) is 0 Å². The lowest BCUT2D eigenvalue weighted by atomic mass is 10.2. The highest BCUT2D eigenvalue weighted by atomic mass is 16.5. The maximum atomic E-state index is 4.97. The summed E-state index contributed by atoms with van der Waals surface area (Å²) in [4.78, 5) is 4.10. The van der Waals surface area contributed by atoms with Crippen molar-refractivity contribution < 1.29 is 4.52 Å². The van der Waals surface area contributed by atoms with Gasteiger partial charge in [0.1, 0.15) is 0 Å². The second-order valence-corrected chi connectivity index (χ2v) is 3.68. The van der Waals surface area contributed by atoms with Crippen LogP contribution in [0, 0.1) is 12.8 Å². The van der Waals surface area contributed by atoms with E-state index in [1.165, 1.54) is 19.3 Å². The first-order valence-electron chi connectivity index (χ1n) is 4.86. The molecule has 2 unspecified atom stereocenters. The van der Waals surface area contributed by atoms with E-state index >= 15 is 0 Å². The van der Waals surface area contributed by atoms with E-state index in [-0.39, 0.29) is 0 Å². The van der Waals surface area contributed by atoms with E-state index in [0.717, 1.165) is 5.92 Å². The first-order chi connectivity index (χ1) is 6.29. The molecule has 0 radical (unpaired) electrons. The van der Waals surface area contributed by atoms with Crippen LogP contribution in [-0.4, -0.2) is 16.2 Å². The normalized spacial score (nSPS) is 26.0. The van der Waals surface area contributed by atoms with Crippen LogP contribution in [0.4, 0.5) is 6.01 Å². The maximum Gasteiger partial charge on any atom is 0.321 e. The number of aryl methyl sites for hydroxylation is 1. The Morgan fingerprint density at radius 1 is 1.62 bits per heavy atom. The zero-order valence-electron chi connectivity index (χ0n) is 8.08. The van der Waals surface area contributed by atoms with Crippen molar-refractivity contribution in [1.29, 1.82) is 0 Å². The summed E-state index contributed by atoms with van der Waals surface area (Å²) in [5, 5.41) is 6.95. The van der Waals surface area contributed by atoms with Crippen LogP contribution in [0.3, 0.4) is 0 Å². The number of hydrogen-bond acceptors (Lipinski definition) is 4. The number of aromatic nitrogens is 2. The van der Waals surface area contributed by atoms with Gasteiger partial charge in [0.2, 0.25) is 0 Å². The Kier molecular flexibility index (Phi) is 2.20. The quantitative estimate of drug-likeness (QED) is 0.771. The predicted molar refractivity (Wildman–Crippen MR) is 49.5 cm³/mol. The van der Waals surface area contributed by atoms with Crippen molar-refractivity contribution in [3.63, 3.8) is 0 Å². The Morgan fingerprint density at radius 3 is 3.08 bits per heavy atom. The van der Waals surface area contributed by atoms with Crippen molar-refractivity contribution in [1.82, 2.24) is 10.1 Å². The van der Waals surface area contributed by atoms with Crippen molar-refractivity contribution >= 4 is 6.01 Å². The van der Waals surface area contributed by atoms with E-state index in [2.05, 4.69) is 22.4 Å². The van der Waals surface area contributed by atoms with E-state index in [0.29, 0.717) is 17.9 Å². The number of nitrogens with one attached hydrogen (secondary N) is 1. The Bertz CT molecular complexity index is 284. The third-order valence-electron chi connectivity index (χ3n) is 2.42. The molecule has 2 atom stereocenters. The molecule has 0 aliphatic heterocycles. The SMILES string of the molecule is CCCC1CC1Nc1nc(C)no1. The lowest BCUT2D eigenvalue weighted by Gasteiger charge is -1.97. The third-order valence-corrected chi connectivity index (χ3v) is 2.42. The second kappa shape index (κ2) is 3.36. The first-order valence-corrected chi connectivity index (χ1v) is 4.86. The van der Waals surface area contributed by atoms with Gasteiger partial charge in [0, 0.05) is 6.04 Å². The summed E-state index contributed by atoms with van der Waals surface area (Å²) in [5.74, 6) is 1.51. The molecule has 0 aromatic carbocycles. The average Bonchev–Trinajstić information content (AvgIpc) is 2.66. The van der Waals surface area contributed by atoms with Crippen LogP contribution in [0.5, 0.6) is 0 Å². The van der Waals surface area contributed by atoms with Gasteiger partial charge in [0.15, 0.2) is 5.82 Å². The van der Waals surface area contributed by atoms with Crippen molar-refractivity contribution in [2.24, 2.45) is 5.92 Å². The molecule has 72 valence electrons. The molecule has 0 saturated heterocycles. The lowest BCUT2D eigenvalue weighted by molar-refractivity contribution is 0.424. The lowest BCUT2D eigenvalue weighted by Crippen LogP contribution is -2.04. The molecule has 1 aromatic rings. The van der Waals surface area contributed by atoms with Crippen molar-refractivity contribution in [2.75, 3.05) is 5.32 Å². The number of hydrogen-bond donors (Lipinski definition) is 1. The highest BCUT2D eigenvalue weighted by Crippen LogP contribution is 2.36. The van der Waals surface area contributed by atoms with Gasteiger partial charge >= 0.3 is 6.01 Å². The molecule has 1 aromatic heterocycles. The highest BCUT2D eigenvalue weighted by molar-refractivity contribution is 5.24. The Hall–Kier alpha value is -1.06. The van der Waals surface area contributed by atoms with Gasteiger partial charge in [-0.25, -0.2) is 0 Å². The summed E-state index contributed by atoms with van der Waals surface area (Å²) in [7, 11) is 0. The number of rotatable bonds is 4. The zero-order chi connectivity index (χ0) is 9.26. The summed E-state index contributed by atoms with van der Waals surface area (Å²) in [6.45, 7) is 4.04. The van der Waals surface area contributed by atoms with Crippen LogP contribution in [0.2, 0.25) is 0 Å². The van der Waals surface area contributed by atoms with Crippen LogP contribution >= 0.6 is 0 Å². The molecule has 1 aliphatic carbocycles. The summed E-state index contributed by atoms with van der Waals surface area (Å²) in [6.07, 6.45) is 3.80. The summed E-state index contributed by atoms with van der Waals surface area (Å²) >= 11 is 0. The van der Waals surface area contributed by atoms with Crippen LogP contribution < -0.4 is 5.32 Å². The molecule has 1 heterocycles. The number of nitrogens with zero attached hydrogens (tertiary/aromatic N) is 2. The minimum absolute atomic E-state index is 0.569. The maximum absolute atomic E-state index is 4.97. The molecule has 1 saturated carbocycles. The largest absolute Gasteiger partial charge is 0.335 e. The van der Waals surface area contributed by atoms with Crippen molar-refractivity contribution in [3.8, 4) is 0 Å². The molecule has 2 rings (SSSR count). The monoisotopic (exact) mass is 181 g/mol. The van der Waals surface area contributed by atoms with Gasteiger partial charge in [-0.15, -0.1) is 0 Å². The van der Waals surface area contributed by atoms with Gasteiger partial charge in [-0.1, -0.05) is 18.5 Å². The van der Waals surface area contributed by atoms with Crippen LogP contribution in [0.25, 0.3) is 0 Å². The Labute approximate surface area is 77.7 Å². The molecule has 0 bridgehead atoms. The van der Waals surface area contributed by atoms with Crippen molar-refractivity contribution in [3.05, 3.63) is 5.82 Å². The fourth-order valence-corrected chi connectivity index (χ4v) is 1.63. The third kappa shape index (κ3) is 1.99. The van der Waals surface area contributed by atoms with Crippen LogP contribution in [0.1, 0.15) is 32.0 Å². The molecule has 0 spiro atoms. The average molecular weight is 181 g/mol. The molecular formula is C9H15N3O. The van der Waals surface area contributed by atoms with Gasteiger partial charge in [-0.3, -0.25) is 0 Å². The van der Waals surface area contributed by atoms with E-state index in [1.54, 1.807) is 0 Å². The van der Waals surface area contributed by atoms with E-state index in [1.807, 2.05) is 6.92 Å². The molecule has 0 amide bonds. The Balaban J connectivity index is 1.81. The zero-order valence-corrected chi connectivity index (χ0v) is 8.08. The fourth-order valence-electron chi connectivity index (χ4n) is 1.63. The van der Waals surface area contributed by atoms with E-state index in [4.69, 9.17) is 4.52 Å². The molecule has 1 fully saturated rings. The van der Waals surface area contributed by atoms with Gasteiger partial charge in [0.25, 0.3) is 0 Å². The molecular weight excluding hydrogens is 166 g/mol. The predicted octanol–water partition coefficient (Wildman–Crippen LogP) is 1.98. The van der Waals surface area contributed by atoms with Crippen LogP contribution in [0.15, 0.2) is 4.52 Å². The van der Waals surface area contributed by atoms with E-state index < -0.39 is 0 Å². The Morgan fingerprint density at radius 2 is 2.46 bits per heavy atom. The minimum atomic E-state index is 0.569. The smallest absolute Gasteiger partial charge is 0.321 e. The molecule has 1 aliphatic rings. The molecule has 1 N–H and O–H groups in total. The standard InChI is InChI=1S/C9H15N3O/c1-3-4-7-5-8(7)11-9-10-6(2)12-13-9/h7-8H,3-5H2,1-2H3,(H,10,11,12). The molecule has 4 nitrogen and oxygen atoms in total. The second-order valence-electron chi connectivity index (χ2n) is 3.68. The molecule has 4 heteroatoms. The summed E-state index contributed by atoms with van der Waals surface area (Å²) in [6, 6.07) is 1.14. The number of anilines is 1. The van der Waals surface area contributed by atoms with E-state index in [9.17, 15) is 0 Å². The van der Waals surface area contributed by atoms with Crippen molar-refractivity contribution in [2.45, 2.75) is 39.2 Å². The van der Waals surface area contributed by atoms with Gasteiger partial charge < -0.3 is 9.84 Å². The highest BCUT2D eigenvalue weighted by Gasteiger charge is 2.36. The summed E-state index contributed by atoms with van der Waals surface area (Å²) in [5.41, 5.74) is 0. The molecule has 13 heavy (non-hydrogen) atoms. The first kappa shape index (κ1) is 8.53. The topological polar surface area (TPSA) is 51.0 Å². The van der Waals surface area contributed by atoms with Gasteiger partial charge in [-0.2, -0.15) is 4.98 Å². The van der Waals surface area contributed by atoms with Gasteiger partial charge in [-0.05, 0) is 25.7 Å². The minimum Gasteiger partial charge on any atom is -0.335 e. The fraction of sp³-hybridized carbons (Fsp3) is 0.778. The summed E-state index contributed by atoms with van der Waals surface area (Å²) < 4.78 is 4.97. The van der Waals surface area contributed by atoms with Gasteiger partial charge in [0.05, 0.1) is 0 Å².